The molecule has 112 valence electrons. The molecule has 1 aliphatic heterocycles. The Kier molecular flexibility index (Phi) is 5.80. The highest BCUT2D eigenvalue weighted by Gasteiger charge is 2.20. The number of aromatic nitrogens is 1. The van der Waals surface area contributed by atoms with E-state index in [0.717, 1.165) is 44.9 Å². The van der Waals surface area contributed by atoms with Gasteiger partial charge in [0.2, 0.25) is 0 Å². The third-order valence-corrected chi connectivity index (χ3v) is 3.74. The van der Waals surface area contributed by atoms with Crippen LogP contribution in [0, 0.1) is 0 Å². The molecule has 2 rings (SSSR count). The van der Waals surface area contributed by atoms with Crippen LogP contribution in [0.3, 0.4) is 0 Å². The second kappa shape index (κ2) is 7.60. The van der Waals surface area contributed by atoms with Gasteiger partial charge in [0.05, 0.1) is 6.10 Å². The zero-order valence-corrected chi connectivity index (χ0v) is 12.9. The third kappa shape index (κ3) is 3.93. The summed E-state index contributed by atoms with van der Waals surface area (Å²) in [5.74, 6) is 1.11. The summed E-state index contributed by atoms with van der Waals surface area (Å²) in [4.78, 5) is 7.01. The van der Waals surface area contributed by atoms with Crippen LogP contribution in [0.2, 0.25) is 0 Å². The van der Waals surface area contributed by atoms with Crippen molar-refractivity contribution in [2.24, 2.45) is 0 Å². The molecule has 0 radical (unpaired) electrons. The summed E-state index contributed by atoms with van der Waals surface area (Å²) in [5.41, 5.74) is 1.29. The topological polar surface area (TPSA) is 37.4 Å². The molecule has 2 unspecified atom stereocenters. The summed E-state index contributed by atoms with van der Waals surface area (Å²) in [6.45, 7) is 10.4. The molecule has 4 nitrogen and oxygen atoms in total. The van der Waals surface area contributed by atoms with Gasteiger partial charge in [-0.05, 0) is 39.3 Å². The van der Waals surface area contributed by atoms with E-state index in [0.29, 0.717) is 6.04 Å². The van der Waals surface area contributed by atoms with Crippen molar-refractivity contribution >= 4 is 5.82 Å². The average Bonchev–Trinajstić information content (AvgIpc) is 2.69. The van der Waals surface area contributed by atoms with Crippen LogP contribution in [0.5, 0.6) is 0 Å². The minimum atomic E-state index is 0.270. The lowest BCUT2D eigenvalue weighted by Crippen LogP contribution is -2.33. The summed E-state index contributed by atoms with van der Waals surface area (Å²) < 4.78 is 5.73. The Morgan fingerprint density at radius 3 is 3.20 bits per heavy atom. The van der Waals surface area contributed by atoms with Crippen LogP contribution < -0.4 is 10.2 Å². The molecule has 20 heavy (non-hydrogen) atoms. The number of hydrogen-bond donors (Lipinski definition) is 1. The fourth-order valence-corrected chi connectivity index (χ4v) is 2.67. The molecule has 0 spiro atoms. The molecular formula is C16H27N3O. The van der Waals surface area contributed by atoms with Gasteiger partial charge in [-0.3, -0.25) is 0 Å². The number of pyridine rings is 1. The monoisotopic (exact) mass is 277 g/mol. The minimum Gasteiger partial charge on any atom is -0.377 e. The predicted molar refractivity (Wildman–Crippen MR) is 83.2 cm³/mol. The van der Waals surface area contributed by atoms with Gasteiger partial charge in [0, 0.05) is 37.5 Å². The van der Waals surface area contributed by atoms with E-state index in [1.165, 1.54) is 5.56 Å². The molecule has 0 aromatic carbocycles. The molecular weight excluding hydrogens is 250 g/mol. The Morgan fingerprint density at radius 2 is 2.40 bits per heavy atom. The molecule has 0 amide bonds. The van der Waals surface area contributed by atoms with Gasteiger partial charge < -0.3 is 15.0 Å². The zero-order valence-electron chi connectivity index (χ0n) is 12.9. The predicted octanol–water partition coefficient (Wildman–Crippen LogP) is 2.76. The van der Waals surface area contributed by atoms with E-state index < -0.39 is 0 Å². The second-order valence-electron chi connectivity index (χ2n) is 5.57. The lowest BCUT2D eigenvalue weighted by Gasteiger charge is -2.27. The maximum atomic E-state index is 5.73. The van der Waals surface area contributed by atoms with Crippen LogP contribution in [0.25, 0.3) is 0 Å². The van der Waals surface area contributed by atoms with E-state index in [1.807, 2.05) is 12.3 Å². The minimum absolute atomic E-state index is 0.270. The molecule has 1 N–H and O–H groups in total. The molecule has 1 fully saturated rings. The molecule has 0 aliphatic carbocycles. The van der Waals surface area contributed by atoms with Crippen LogP contribution in [-0.4, -0.2) is 37.3 Å². The van der Waals surface area contributed by atoms with Gasteiger partial charge in [-0.2, -0.15) is 0 Å². The molecule has 2 heterocycles. The van der Waals surface area contributed by atoms with Crippen LogP contribution in [0.15, 0.2) is 18.3 Å². The van der Waals surface area contributed by atoms with E-state index in [9.17, 15) is 0 Å². The van der Waals surface area contributed by atoms with Gasteiger partial charge >= 0.3 is 0 Å². The molecule has 1 aliphatic rings. The van der Waals surface area contributed by atoms with Crippen molar-refractivity contribution in [2.75, 3.05) is 31.1 Å². The largest absolute Gasteiger partial charge is 0.377 e. The van der Waals surface area contributed by atoms with Crippen molar-refractivity contribution in [2.45, 2.75) is 45.8 Å². The van der Waals surface area contributed by atoms with Crippen molar-refractivity contribution in [3.63, 3.8) is 0 Å². The standard InChI is InChI=1S/C16H27N3O/c1-4-8-17-14(3)15-7-5-9-18-16(15)19-10-6-11-20-13(2)12-19/h5,7,9,13-14,17H,4,6,8,10-12H2,1-3H3. The van der Waals surface area contributed by atoms with Crippen LogP contribution >= 0.6 is 0 Å². The van der Waals surface area contributed by atoms with Gasteiger partial charge in [-0.1, -0.05) is 13.0 Å². The first-order valence-corrected chi connectivity index (χ1v) is 7.77. The zero-order chi connectivity index (χ0) is 14.4. The van der Waals surface area contributed by atoms with Gasteiger partial charge in [-0.25, -0.2) is 4.98 Å². The fraction of sp³-hybridized carbons (Fsp3) is 0.688. The summed E-state index contributed by atoms with van der Waals surface area (Å²) >= 11 is 0. The van der Waals surface area contributed by atoms with Gasteiger partial charge in [-0.15, -0.1) is 0 Å². The quantitative estimate of drug-likeness (QED) is 0.898. The highest BCUT2D eigenvalue weighted by molar-refractivity contribution is 5.48. The number of nitrogens with one attached hydrogen (secondary N) is 1. The van der Waals surface area contributed by atoms with Crippen molar-refractivity contribution < 1.29 is 4.74 Å². The maximum Gasteiger partial charge on any atom is 0.133 e. The molecule has 0 saturated carbocycles. The highest BCUT2D eigenvalue weighted by Crippen LogP contribution is 2.25. The smallest absolute Gasteiger partial charge is 0.133 e. The summed E-state index contributed by atoms with van der Waals surface area (Å²) in [7, 11) is 0. The van der Waals surface area contributed by atoms with E-state index in [4.69, 9.17) is 4.74 Å². The van der Waals surface area contributed by atoms with Crippen molar-refractivity contribution in [3.05, 3.63) is 23.9 Å². The fourth-order valence-electron chi connectivity index (χ4n) is 2.67. The van der Waals surface area contributed by atoms with Crippen molar-refractivity contribution in [1.82, 2.24) is 10.3 Å². The number of hydrogen-bond acceptors (Lipinski definition) is 4. The van der Waals surface area contributed by atoms with E-state index in [2.05, 4.69) is 42.0 Å². The molecule has 2 atom stereocenters. The van der Waals surface area contributed by atoms with Gasteiger partial charge in [0.25, 0.3) is 0 Å². The lowest BCUT2D eigenvalue weighted by molar-refractivity contribution is 0.0820. The maximum absolute atomic E-state index is 5.73. The van der Waals surface area contributed by atoms with Gasteiger partial charge in [0.15, 0.2) is 0 Å². The van der Waals surface area contributed by atoms with Gasteiger partial charge in [0.1, 0.15) is 5.82 Å². The Labute approximate surface area is 122 Å². The van der Waals surface area contributed by atoms with E-state index in [1.54, 1.807) is 0 Å². The first-order chi connectivity index (χ1) is 9.72. The number of ether oxygens (including phenoxy) is 1. The molecule has 1 aromatic heterocycles. The number of anilines is 1. The Bertz CT molecular complexity index is 410. The Hall–Kier alpha value is -1.13. The Morgan fingerprint density at radius 1 is 1.55 bits per heavy atom. The SMILES string of the molecule is CCCNC(C)c1cccnc1N1CCCOC(C)C1. The third-order valence-electron chi connectivity index (χ3n) is 3.74. The average molecular weight is 277 g/mol. The van der Waals surface area contributed by atoms with E-state index in [-0.39, 0.29) is 6.10 Å². The van der Waals surface area contributed by atoms with Crippen LogP contribution in [0.1, 0.15) is 45.2 Å². The van der Waals surface area contributed by atoms with Crippen molar-refractivity contribution in [3.8, 4) is 0 Å². The molecule has 1 saturated heterocycles. The summed E-state index contributed by atoms with van der Waals surface area (Å²) in [6, 6.07) is 4.55. The van der Waals surface area contributed by atoms with Crippen molar-refractivity contribution in [1.29, 1.82) is 0 Å². The normalized spacial score (nSPS) is 21.6. The molecule has 1 aromatic rings. The molecule has 4 heteroatoms. The Balaban J connectivity index is 2.17. The first-order valence-electron chi connectivity index (χ1n) is 7.77. The summed E-state index contributed by atoms with van der Waals surface area (Å²) in [6.07, 6.45) is 4.37. The lowest BCUT2D eigenvalue weighted by atomic mass is 10.1. The van der Waals surface area contributed by atoms with Crippen LogP contribution in [0.4, 0.5) is 5.82 Å². The second-order valence-corrected chi connectivity index (χ2v) is 5.57. The number of rotatable bonds is 5. The number of nitrogens with zero attached hydrogens (tertiary/aromatic N) is 2. The van der Waals surface area contributed by atoms with E-state index >= 15 is 0 Å². The first kappa shape index (κ1) is 15.3. The van der Waals surface area contributed by atoms with Crippen LogP contribution in [-0.2, 0) is 4.74 Å². The molecule has 0 bridgehead atoms. The summed E-state index contributed by atoms with van der Waals surface area (Å²) in [5, 5.41) is 3.56. The highest BCUT2D eigenvalue weighted by atomic mass is 16.5.